The Labute approximate surface area is 226 Å². The van der Waals surface area contributed by atoms with E-state index in [0.29, 0.717) is 43.4 Å². The van der Waals surface area contributed by atoms with Gasteiger partial charge in [-0.05, 0) is 49.7 Å². The summed E-state index contributed by atoms with van der Waals surface area (Å²) in [5.74, 6) is -0.228. The lowest BCUT2D eigenvalue weighted by Crippen LogP contribution is -2.39. The highest BCUT2D eigenvalue weighted by molar-refractivity contribution is 7.07. The summed E-state index contributed by atoms with van der Waals surface area (Å²) >= 11 is 1.17. The third kappa shape index (κ3) is 4.82. The second-order valence-electron chi connectivity index (χ2n) is 8.63. The number of hydrogen-bond acceptors (Lipinski definition) is 8. The number of carbonyl (C=O) groups excluding carboxylic acids is 1. The molecule has 2 aromatic carbocycles. The number of carboxylic acid groups (broad SMARTS) is 1. The number of carboxylic acids is 1. The lowest BCUT2D eigenvalue weighted by atomic mass is 9.96. The van der Waals surface area contributed by atoms with Gasteiger partial charge >= 0.3 is 11.9 Å². The second kappa shape index (κ2) is 10.6. The number of aromatic nitrogens is 1. The first kappa shape index (κ1) is 25.9. The van der Waals surface area contributed by atoms with Crippen molar-refractivity contribution in [1.82, 2.24) is 4.57 Å². The highest BCUT2D eigenvalue weighted by Crippen LogP contribution is 2.32. The van der Waals surface area contributed by atoms with Gasteiger partial charge in [0.1, 0.15) is 17.3 Å². The summed E-state index contributed by atoms with van der Waals surface area (Å²) in [6.45, 7) is 3.62. The number of hydrogen-bond donors (Lipinski definition) is 1. The SMILES string of the molecule is CCOC(=O)C1=C(C)N=c2sc(=Cc3ccc(-c4ccccc4C(=O)O)o3)c(=O)n2[C@H]1c1ccc(OC)cc1. The van der Waals surface area contributed by atoms with Crippen LogP contribution in [0.4, 0.5) is 0 Å². The Morgan fingerprint density at radius 3 is 2.56 bits per heavy atom. The van der Waals surface area contributed by atoms with Crippen molar-refractivity contribution in [3.8, 4) is 17.1 Å². The van der Waals surface area contributed by atoms with Gasteiger partial charge in [0.15, 0.2) is 4.80 Å². The van der Waals surface area contributed by atoms with Crippen LogP contribution in [0.15, 0.2) is 86.1 Å². The molecule has 198 valence electrons. The lowest BCUT2D eigenvalue weighted by Gasteiger charge is -2.24. The monoisotopic (exact) mass is 544 g/mol. The summed E-state index contributed by atoms with van der Waals surface area (Å²) in [4.78, 5) is 43.4. The minimum absolute atomic E-state index is 0.110. The molecule has 2 aromatic heterocycles. The molecule has 1 N–H and O–H groups in total. The first-order valence-electron chi connectivity index (χ1n) is 12.1. The molecule has 3 heterocycles. The molecule has 0 saturated carbocycles. The Kier molecular flexibility index (Phi) is 7.03. The van der Waals surface area contributed by atoms with E-state index in [1.165, 1.54) is 22.0 Å². The summed E-state index contributed by atoms with van der Waals surface area (Å²) in [5, 5.41) is 9.52. The van der Waals surface area contributed by atoms with E-state index < -0.39 is 18.0 Å². The van der Waals surface area contributed by atoms with Crippen LogP contribution in [0.1, 0.15) is 41.6 Å². The number of carbonyl (C=O) groups is 2. The van der Waals surface area contributed by atoms with Crippen LogP contribution in [-0.2, 0) is 9.53 Å². The Balaban J connectivity index is 1.63. The molecule has 0 bridgehead atoms. The molecule has 1 aliphatic rings. The van der Waals surface area contributed by atoms with Crippen LogP contribution < -0.4 is 19.6 Å². The fourth-order valence-electron chi connectivity index (χ4n) is 4.48. The average Bonchev–Trinajstić information content (AvgIpc) is 3.52. The summed E-state index contributed by atoms with van der Waals surface area (Å²) in [5.41, 5.74) is 1.64. The largest absolute Gasteiger partial charge is 0.497 e. The van der Waals surface area contributed by atoms with Gasteiger partial charge < -0.3 is 19.0 Å². The minimum atomic E-state index is -1.07. The summed E-state index contributed by atoms with van der Waals surface area (Å²) in [6, 6.07) is 16.3. The van der Waals surface area contributed by atoms with E-state index in [-0.39, 0.29) is 23.3 Å². The molecule has 9 nitrogen and oxygen atoms in total. The average molecular weight is 545 g/mol. The van der Waals surface area contributed by atoms with Gasteiger partial charge in [0.2, 0.25) is 0 Å². The first-order valence-corrected chi connectivity index (χ1v) is 12.9. The molecule has 10 heteroatoms. The van der Waals surface area contributed by atoms with Crippen molar-refractivity contribution in [3.05, 3.63) is 109 Å². The number of methoxy groups -OCH3 is 1. The molecule has 0 fully saturated rings. The van der Waals surface area contributed by atoms with Gasteiger partial charge in [0.25, 0.3) is 5.56 Å². The Morgan fingerprint density at radius 1 is 1.13 bits per heavy atom. The number of nitrogens with zero attached hydrogens (tertiary/aromatic N) is 2. The van der Waals surface area contributed by atoms with Gasteiger partial charge in [-0.15, -0.1) is 0 Å². The van der Waals surface area contributed by atoms with Crippen LogP contribution >= 0.6 is 11.3 Å². The van der Waals surface area contributed by atoms with Gasteiger partial charge in [-0.2, -0.15) is 0 Å². The molecule has 0 radical (unpaired) electrons. The van der Waals surface area contributed by atoms with Crippen LogP contribution in [0, 0.1) is 0 Å². The quantitative estimate of drug-likeness (QED) is 0.352. The standard InChI is InChI=1S/C29H24N2O7S/c1-4-37-28(35)24-16(2)30-29-31(25(24)17-9-11-18(36-3)12-10-17)26(32)23(39-29)15-19-13-14-22(38-19)20-7-5-6-8-21(20)27(33)34/h5-15,25H,4H2,1-3H3,(H,33,34)/t25-/m0/s1. The van der Waals surface area contributed by atoms with E-state index in [1.807, 2.05) is 0 Å². The molecule has 0 aliphatic carbocycles. The summed E-state index contributed by atoms with van der Waals surface area (Å²) in [6.07, 6.45) is 1.59. The predicted molar refractivity (Wildman–Crippen MR) is 144 cm³/mol. The zero-order chi connectivity index (χ0) is 27.7. The number of thiazole rings is 1. The lowest BCUT2D eigenvalue weighted by molar-refractivity contribution is -0.139. The van der Waals surface area contributed by atoms with Crippen molar-refractivity contribution < 1.29 is 28.6 Å². The molecule has 0 unspecified atom stereocenters. The van der Waals surface area contributed by atoms with Crippen molar-refractivity contribution in [2.75, 3.05) is 13.7 Å². The van der Waals surface area contributed by atoms with E-state index in [1.54, 1.807) is 81.6 Å². The maximum atomic E-state index is 13.7. The smallest absolute Gasteiger partial charge is 0.338 e. The molecule has 0 saturated heterocycles. The predicted octanol–water partition coefficient (Wildman–Crippen LogP) is 3.77. The van der Waals surface area contributed by atoms with Crippen LogP contribution in [0.5, 0.6) is 5.75 Å². The number of furan rings is 1. The third-order valence-electron chi connectivity index (χ3n) is 6.27. The summed E-state index contributed by atoms with van der Waals surface area (Å²) < 4.78 is 18.3. The molecular formula is C29H24N2O7S. The fourth-order valence-corrected chi connectivity index (χ4v) is 5.51. The van der Waals surface area contributed by atoms with Gasteiger partial charge in [-0.3, -0.25) is 9.36 Å². The van der Waals surface area contributed by atoms with Crippen LogP contribution in [-0.4, -0.2) is 35.3 Å². The molecule has 39 heavy (non-hydrogen) atoms. The number of rotatable bonds is 7. The fraction of sp³-hybridized carbons (Fsp3) is 0.172. The maximum Gasteiger partial charge on any atom is 0.338 e. The van der Waals surface area contributed by atoms with E-state index in [4.69, 9.17) is 13.9 Å². The number of allylic oxidation sites excluding steroid dienone is 1. The van der Waals surface area contributed by atoms with E-state index in [0.717, 1.165) is 0 Å². The molecule has 5 rings (SSSR count). The topological polar surface area (TPSA) is 120 Å². The second-order valence-corrected chi connectivity index (χ2v) is 9.64. The Hall–Kier alpha value is -4.70. The van der Waals surface area contributed by atoms with Crippen LogP contribution in [0.3, 0.4) is 0 Å². The van der Waals surface area contributed by atoms with Crippen molar-refractivity contribution in [3.63, 3.8) is 0 Å². The third-order valence-corrected chi connectivity index (χ3v) is 7.25. The van der Waals surface area contributed by atoms with Gasteiger partial charge in [0, 0.05) is 11.6 Å². The molecule has 4 aromatic rings. The van der Waals surface area contributed by atoms with Crippen molar-refractivity contribution in [2.45, 2.75) is 19.9 Å². The normalized spacial score (nSPS) is 15.1. The zero-order valence-corrected chi connectivity index (χ0v) is 22.2. The van der Waals surface area contributed by atoms with Crippen molar-refractivity contribution in [1.29, 1.82) is 0 Å². The van der Waals surface area contributed by atoms with Gasteiger partial charge in [-0.1, -0.05) is 41.7 Å². The van der Waals surface area contributed by atoms with Crippen LogP contribution in [0.2, 0.25) is 0 Å². The van der Waals surface area contributed by atoms with Crippen LogP contribution in [0.25, 0.3) is 17.4 Å². The van der Waals surface area contributed by atoms with E-state index >= 15 is 0 Å². The molecule has 0 spiro atoms. The molecule has 0 amide bonds. The number of aromatic carboxylic acids is 1. The Bertz CT molecular complexity index is 1790. The first-order chi connectivity index (χ1) is 18.8. The molecule has 1 atom stereocenters. The zero-order valence-electron chi connectivity index (χ0n) is 21.3. The number of benzene rings is 2. The number of esters is 1. The van der Waals surface area contributed by atoms with Crippen molar-refractivity contribution in [2.24, 2.45) is 4.99 Å². The molecular weight excluding hydrogens is 520 g/mol. The highest BCUT2D eigenvalue weighted by atomic mass is 32.1. The minimum Gasteiger partial charge on any atom is -0.497 e. The highest BCUT2D eigenvalue weighted by Gasteiger charge is 2.33. The summed E-state index contributed by atoms with van der Waals surface area (Å²) in [7, 11) is 1.56. The van der Waals surface area contributed by atoms with Gasteiger partial charge in [-0.25, -0.2) is 14.6 Å². The maximum absolute atomic E-state index is 13.7. The molecule has 1 aliphatic heterocycles. The number of ether oxygens (including phenoxy) is 2. The van der Waals surface area contributed by atoms with Crippen molar-refractivity contribution >= 4 is 29.4 Å². The Morgan fingerprint density at radius 2 is 1.87 bits per heavy atom. The van der Waals surface area contributed by atoms with E-state index in [2.05, 4.69) is 4.99 Å². The number of fused-ring (bicyclic) bond motifs is 1. The van der Waals surface area contributed by atoms with Gasteiger partial charge in [0.05, 0.1) is 41.1 Å². The van der Waals surface area contributed by atoms with E-state index in [9.17, 15) is 19.5 Å².